The Kier molecular flexibility index (Phi) is 4.10. The fraction of sp³-hybridized carbons (Fsp3) is 0.381. The fourth-order valence-electron chi connectivity index (χ4n) is 4.39. The van der Waals surface area contributed by atoms with Gasteiger partial charge >= 0.3 is 0 Å². The maximum Gasteiger partial charge on any atom is 0.129 e. The molecule has 6 heteroatoms. The maximum atomic E-state index is 15.3. The van der Waals surface area contributed by atoms with E-state index in [1.54, 1.807) is 6.07 Å². The number of anilines is 1. The number of nitrogens with zero attached hydrogens (tertiary/aromatic N) is 3. The Balaban J connectivity index is 1.57. The average molecular weight is 366 g/mol. The Morgan fingerprint density at radius 3 is 2.89 bits per heavy atom. The Labute approximate surface area is 157 Å². The molecule has 1 fully saturated rings. The number of rotatable bonds is 2. The number of benzene rings is 2. The minimum Gasteiger partial charge on any atom is -0.378 e. The van der Waals surface area contributed by atoms with E-state index in [-0.39, 0.29) is 11.7 Å². The van der Waals surface area contributed by atoms with Crippen LogP contribution in [0, 0.1) is 5.82 Å². The number of ether oxygens (including phenoxy) is 1. The summed E-state index contributed by atoms with van der Waals surface area (Å²) in [4.78, 5) is 4.49. The van der Waals surface area contributed by atoms with E-state index >= 15 is 4.39 Å². The van der Waals surface area contributed by atoms with Gasteiger partial charge < -0.3 is 14.5 Å². The van der Waals surface area contributed by atoms with Gasteiger partial charge in [-0.25, -0.2) is 4.39 Å². The summed E-state index contributed by atoms with van der Waals surface area (Å²) in [5.74, 6) is -0.0730. The summed E-state index contributed by atoms with van der Waals surface area (Å²) in [6, 6.07) is 10.1. The first-order chi connectivity index (χ1) is 13.2. The molecule has 3 aromatic rings. The number of aromatic nitrogens is 2. The van der Waals surface area contributed by atoms with Crippen molar-refractivity contribution >= 4 is 16.6 Å². The predicted molar refractivity (Wildman–Crippen MR) is 104 cm³/mol. The van der Waals surface area contributed by atoms with Crippen molar-refractivity contribution in [3.63, 3.8) is 0 Å². The summed E-state index contributed by atoms with van der Waals surface area (Å²) >= 11 is 0. The van der Waals surface area contributed by atoms with Crippen molar-refractivity contribution < 1.29 is 9.13 Å². The molecule has 1 N–H and O–H groups in total. The number of hydrogen-bond donors (Lipinski definition) is 1. The number of morpholine rings is 1. The summed E-state index contributed by atoms with van der Waals surface area (Å²) in [7, 11) is 2.10. The van der Waals surface area contributed by atoms with E-state index in [2.05, 4.69) is 45.2 Å². The zero-order valence-corrected chi connectivity index (χ0v) is 15.4. The van der Waals surface area contributed by atoms with Gasteiger partial charge in [-0.3, -0.25) is 5.10 Å². The lowest BCUT2D eigenvalue weighted by Crippen LogP contribution is -2.37. The minimum atomic E-state index is -0.0978. The van der Waals surface area contributed by atoms with Crippen LogP contribution in [0.3, 0.4) is 0 Å². The second kappa shape index (κ2) is 6.62. The topological polar surface area (TPSA) is 44.4 Å². The Morgan fingerprint density at radius 1 is 1.19 bits per heavy atom. The van der Waals surface area contributed by atoms with Gasteiger partial charge in [0, 0.05) is 48.7 Å². The first kappa shape index (κ1) is 16.7. The molecule has 2 aliphatic heterocycles. The molecule has 0 aliphatic carbocycles. The molecule has 5 rings (SSSR count). The van der Waals surface area contributed by atoms with Crippen LogP contribution in [-0.2, 0) is 11.3 Å². The molecule has 1 aromatic heterocycles. The lowest BCUT2D eigenvalue weighted by atomic mass is 9.83. The van der Waals surface area contributed by atoms with Crippen LogP contribution in [-0.4, -0.2) is 55.0 Å². The van der Waals surface area contributed by atoms with Crippen LogP contribution in [0.2, 0.25) is 0 Å². The molecule has 1 atom stereocenters. The summed E-state index contributed by atoms with van der Waals surface area (Å²) < 4.78 is 20.7. The van der Waals surface area contributed by atoms with E-state index in [0.29, 0.717) is 13.2 Å². The van der Waals surface area contributed by atoms with Gasteiger partial charge in [0.1, 0.15) is 5.82 Å². The fourth-order valence-corrected chi connectivity index (χ4v) is 4.39. The van der Waals surface area contributed by atoms with Crippen molar-refractivity contribution in [2.75, 3.05) is 44.8 Å². The van der Waals surface area contributed by atoms with Gasteiger partial charge in [-0.1, -0.05) is 6.07 Å². The highest BCUT2D eigenvalue weighted by atomic mass is 19.1. The number of aromatic amines is 1. The molecule has 0 amide bonds. The molecule has 1 saturated heterocycles. The molecule has 1 unspecified atom stereocenters. The van der Waals surface area contributed by atoms with Crippen LogP contribution in [0.1, 0.15) is 22.6 Å². The molecule has 2 aliphatic rings. The van der Waals surface area contributed by atoms with Gasteiger partial charge in [-0.2, -0.15) is 5.10 Å². The first-order valence-electron chi connectivity index (χ1n) is 9.45. The number of hydrogen-bond acceptors (Lipinski definition) is 4. The molecular weight excluding hydrogens is 343 g/mol. The highest BCUT2D eigenvalue weighted by Crippen LogP contribution is 2.38. The summed E-state index contributed by atoms with van der Waals surface area (Å²) in [6.45, 7) is 4.61. The quantitative estimate of drug-likeness (QED) is 0.757. The van der Waals surface area contributed by atoms with E-state index in [1.165, 1.54) is 0 Å². The van der Waals surface area contributed by atoms with Gasteiger partial charge in [0.05, 0.1) is 24.9 Å². The smallest absolute Gasteiger partial charge is 0.129 e. The Morgan fingerprint density at radius 2 is 2.04 bits per heavy atom. The molecule has 5 nitrogen and oxygen atoms in total. The van der Waals surface area contributed by atoms with Crippen molar-refractivity contribution in [1.82, 2.24) is 15.1 Å². The van der Waals surface area contributed by atoms with Crippen LogP contribution >= 0.6 is 0 Å². The van der Waals surface area contributed by atoms with Crippen molar-refractivity contribution in [2.45, 2.75) is 12.5 Å². The van der Waals surface area contributed by atoms with E-state index < -0.39 is 0 Å². The van der Waals surface area contributed by atoms with Crippen molar-refractivity contribution in [3.8, 4) is 0 Å². The SMILES string of the molecule is CN1Cc2cc(N3CCOCC3)cc(F)c2C(c2ccc3[nH]ncc3c2)C1. The van der Waals surface area contributed by atoms with Gasteiger partial charge in [-0.05, 0) is 42.4 Å². The third-order valence-electron chi connectivity index (χ3n) is 5.73. The minimum absolute atomic E-state index is 0.0248. The second-order valence-corrected chi connectivity index (χ2v) is 7.57. The highest BCUT2D eigenvalue weighted by molar-refractivity contribution is 5.79. The molecule has 0 bridgehead atoms. The van der Waals surface area contributed by atoms with Crippen molar-refractivity contribution in [1.29, 1.82) is 0 Å². The van der Waals surface area contributed by atoms with Crippen LogP contribution in [0.4, 0.5) is 10.1 Å². The van der Waals surface area contributed by atoms with Crippen LogP contribution in [0.5, 0.6) is 0 Å². The van der Waals surface area contributed by atoms with Gasteiger partial charge in [0.15, 0.2) is 0 Å². The molecule has 0 saturated carbocycles. The van der Waals surface area contributed by atoms with Crippen LogP contribution in [0.25, 0.3) is 10.9 Å². The number of fused-ring (bicyclic) bond motifs is 2. The van der Waals surface area contributed by atoms with E-state index in [0.717, 1.165) is 59.5 Å². The summed E-state index contributed by atoms with van der Waals surface area (Å²) in [5.41, 5.74) is 5.03. The summed E-state index contributed by atoms with van der Waals surface area (Å²) in [6.07, 6.45) is 1.82. The molecule has 3 heterocycles. The second-order valence-electron chi connectivity index (χ2n) is 7.57. The zero-order chi connectivity index (χ0) is 18.4. The van der Waals surface area contributed by atoms with E-state index in [4.69, 9.17) is 4.74 Å². The largest absolute Gasteiger partial charge is 0.378 e. The van der Waals surface area contributed by atoms with Crippen LogP contribution in [0.15, 0.2) is 36.5 Å². The predicted octanol–water partition coefficient (Wildman–Crippen LogP) is 3.12. The van der Waals surface area contributed by atoms with Gasteiger partial charge in [-0.15, -0.1) is 0 Å². The molecule has 27 heavy (non-hydrogen) atoms. The lowest BCUT2D eigenvalue weighted by molar-refractivity contribution is 0.122. The average Bonchev–Trinajstić information content (AvgIpc) is 3.15. The first-order valence-corrected chi connectivity index (χ1v) is 9.45. The van der Waals surface area contributed by atoms with E-state index in [1.807, 2.05) is 12.3 Å². The maximum absolute atomic E-state index is 15.3. The third kappa shape index (κ3) is 2.99. The molecule has 140 valence electrons. The third-order valence-corrected chi connectivity index (χ3v) is 5.73. The Bertz CT molecular complexity index is 979. The monoisotopic (exact) mass is 366 g/mol. The molecular formula is C21H23FN4O. The molecule has 2 aromatic carbocycles. The number of nitrogens with one attached hydrogen (secondary N) is 1. The zero-order valence-electron chi connectivity index (χ0n) is 15.4. The molecule has 0 spiro atoms. The van der Waals surface area contributed by atoms with Gasteiger partial charge in [0.25, 0.3) is 0 Å². The van der Waals surface area contributed by atoms with Crippen molar-refractivity contribution in [3.05, 3.63) is 59.0 Å². The normalized spacial score (nSPS) is 20.8. The van der Waals surface area contributed by atoms with Crippen molar-refractivity contribution in [2.24, 2.45) is 0 Å². The van der Waals surface area contributed by atoms with E-state index in [9.17, 15) is 0 Å². The molecule has 0 radical (unpaired) electrons. The number of halogens is 1. The van der Waals surface area contributed by atoms with Gasteiger partial charge in [0.2, 0.25) is 0 Å². The van der Waals surface area contributed by atoms with Crippen LogP contribution < -0.4 is 4.90 Å². The lowest BCUT2D eigenvalue weighted by Gasteiger charge is -2.35. The number of H-pyrrole nitrogens is 1. The Hall–Kier alpha value is -2.44. The summed E-state index contributed by atoms with van der Waals surface area (Å²) in [5, 5.41) is 8.15. The standard InChI is InChI=1S/C21H23FN4O/c1-25-12-16-9-17(26-4-6-27-7-5-26)10-19(22)21(16)18(13-25)14-2-3-20-15(8-14)11-23-24-20/h2-3,8-11,18H,4-7,12-13H2,1H3,(H,23,24). The highest BCUT2D eigenvalue weighted by Gasteiger charge is 2.29. The number of likely N-dealkylation sites (N-methyl/N-ethyl adjacent to an activating group) is 1.